The van der Waals surface area contributed by atoms with Gasteiger partial charge in [-0.15, -0.1) is 0 Å². The van der Waals surface area contributed by atoms with Crippen molar-refractivity contribution in [2.45, 2.75) is 18.8 Å². The first-order chi connectivity index (χ1) is 9.97. The van der Waals surface area contributed by atoms with E-state index in [1.54, 1.807) is 17.0 Å². The molecule has 0 radical (unpaired) electrons. The van der Waals surface area contributed by atoms with Crippen LogP contribution in [-0.4, -0.2) is 29.8 Å². The van der Waals surface area contributed by atoms with Crippen molar-refractivity contribution in [3.05, 3.63) is 33.8 Å². The Bertz CT molecular complexity index is 605. The summed E-state index contributed by atoms with van der Waals surface area (Å²) < 4.78 is 0. The molecule has 1 saturated heterocycles. The molecule has 112 valence electrons. The summed E-state index contributed by atoms with van der Waals surface area (Å²) in [6.07, 6.45) is 1.47. The van der Waals surface area contributed by atoms with Crippen LogP contribution in [0.4, 0.5) is 0 Å². The molecule has 0 unspecified atom stereocenters. The third-order valence-electron chi connectivity index (χ3n) is 4.37. The molecule has 2 amide bonds. The summed E-state index contributed by atoms with van der Waals surface area (Å²) in [6, 6.07) is 5.39. The van der Waals surface area contributed by atoms with Crippen LogP contribution in [0.2, 0.25) is 10.0 Å². The predicted molar refractivity (Wildman–Crippen MR) is 81.2 cm³/mol. The summed E-state index contributed by atoms with van der Waals surface area (Å²) in [6.45, 7) is 1.07. The van der Waals surface area contributed by atoms with Crippen molar-refractivity contribution in [3.8, 4) is 0 Å². The van der Waals surface area contributed by atoms with E-state index in [9.17, 15) is 9.59 Å². The topological polar surface area (TPSA) is 63.4 Å². The minimum atomic E-state index is -0.321. The average Bonchev–Trinajstić information content (AvgIpc) is 3.04. The Morgan fingerprint density at radius 2 is 2.05 bits per heavy atom. The molecule has 1 aromatic rings. The summed E-state index contributed by atoms with van der Waals surface area (Å²) in [5.41, 5.74) is 6.27. The molecule has 3 atom stereocenters. The predicted octanol–water partition coefficient (Wildman–Crippen LogP) is 2.43. The van der Waals surface area contributed by atoms with Crippen molar-refractivity contribution >= 4 is 35.0 Å². The van der Waals surface area contributed by atoms with Gasteiger partial charge in [-0.25, -0.2) is 0 Å². The maximum atomic E-state index is 12.4. The maximum absolute atomic E-state index is 12.4. The minimum absolute atomic E-state index is 0.0321. The lowest BCUT2D eigenvalue weighted by atomic mass is 10.1. The van der Waals surface area contributed by atoms with Crippen molar-refractivity contribution in [2.24, 2.45) is 17.6 Å². The Balaban J connectivity index is 1.65. The zero-order valence-electron chi connectivity index (χ0n) is 11.4. The van der Waals surface area contributed by atoms with Crippen LogP contribution in [-0.2, 0) is 9.59 Å². The Labute approximate surface area is 133 Å². The van der Waals surface area contributed by atoms with E-state index in [1.165, 1.54) is 0 Å². The Hall–Kier alpha value is -1.26. The van der Waals surface area contributed by atoms with Gasteiger partial charge in [0.05, 0.1) is 5.92 Å². The fraction of sp³-hybridized carbons (Fsp3) is 0.467. The van der Waals surface area contributed by atoms with Crippen LogP contribution in [0.15, 0.2) is 18.2 Å². The SMILES string of the molecule is NC(=O)[C@H]1CCN(C(=O)[C@@H]2C[C@H]2c2ccc(Cl)cc2Cl)C1. The fourth-order valence-electron chi connectivity index (χ4n) is 3.04. The second kappa shape index (κ2) is 5.50. The average molecular weight is 327 g/mol. The van der Waals surface area contributed by atoms with E-state index in [-0.39, 0.29) is 29.6 Å². The number of hydrogen-bond donors (Lipinski definition) is 1. The van der Waals surface area contributed by atoms with E-state index in [0.717, 1.165) is 12.0 Å². The number of benzene rings is 1. The molecule has 4 nitrogen and oxygen atoms in total. The van der Waals surface area contributed by atoms with Crippen LogP contribution in [0.1, 0.15) is 24.3 Å². The Kier molecular flexibility index (Phi) is 3.84. The van der Waals surface area contributed by atoms with Crippen LogP contribution in [0.5, 0.6) is 0 Å². The lowest BCUT2D eigenvalue weighted by molar-refractivity contribution is -0.131. The maximum Gasteiger partial charge on any atom is 0.226 e. The number of hydrogen-bond acceptors (Lipinski definition) is 2. The van der Waals surface area contributed by atoms with Gasteiger partial charge >= 0.3 is 0 Å². The molecule has 3 rings (SSSR count). The molecule has 1 aromatic carbocycles. The largest absolute Gasteiger partial charge is 0.369 e. The number of amides is 2. The van der Waals surface area contributed by atoms with Gasteiger partial charge in [0, 0.05) is 29.1 Å². The number of nitrogens with zero attached hydrogens (tertiary/aromatic N) is 1. The van der Waals surface area contributed by atoms with Gasteiger partial charge in [0.25, 0.3) is 0 Å². The summed E-state index contributed by atoms with van der Waals surface area (Å²) in [5, 5.41) is 1.20. The highest BCUT2D eigenvalue weighted by atomic mass is 35.5. The first-order valence-corrected chi connectivity index (χ1v) is 7.76. The van der Waals surface area contributed by atoms with Gasteiger partial charge in [-0.05, 0) is 36.5 Å². The molecular weight excluding hydrogens is 311 g/mol. The third-order valence-corrected chi connectivity index (χ3v) is 4.93. The normalized spacial score (nSPS) is 27.7. The lowest BCUT2D eigenvalue weighted by Gasteiger charge is -2.16. The minimum Gasteiger partial charge on any atom is -0.369 e. The van der Waals surface area contributed by atoms with E-state index in [2.05, 4.69) is 0 Å². The van der Waals surface area contributed by atoms with Crippen LogP contribution in [0.3, 0.4) is 0 Å². The van der Waals surface area contributed by atoms with Crippen LogP contribution in [0.25, 0.3) is 0 Å². The van der Waals surface area contributed by atoms with Crippen molar-refractivity contribution in [2.75, 3.05) is 13.1 Å². The van der Waals surface area contributed by atoms with Gasteiger partial charge in [0.1, 0.15) is 0 Å². The molecule has 2 fully saturated rings. The number of carbonyl (C=O) groups is 2. The molecule has 0 bridgehead atoms. The van der Waals surface area contributed by atoms with Gasteiger partial charge in [-0.1, -0.05) is 29.3 Å². The Morgan fingerprint density at radius 1 is 1.29 bits per heavy atom. The summed E-state index contributed by atoms with van der Waals surface area (Å²) in [5.74, 6) is -0.288. The number of likely N-dealkylation sites (tertiary alicyclic amines) is 1. The second-order valence-corrected chi connectivity index (χ2v) is 6.63. The molecule has 2 N–H and O–H groups in total. The first kappa shape index (κ1) is 14.7. The highest BCUT2D eigenvalue weighted by molar-refractivity contribution is 6.35. The number of primary amides is 1. The smallest absolute Gasteiger partial charge is 0.226 e. The highest BCUT2D eigenvalue weighted by Gasteiger charge is 2.47. The standard InChI is InChI=1S/C15H16Cl2N2O2/c16-9-1-2-10(13(17)5-9)11-6-12(11)15(21)19-4-3-8(7-19)14(18)20/h1-2,5,8,11-12H,3-4,6-7H2,(H2,18,20)/t8-,11-,12+/m0/s1. The number of nitrogens with two attached hydrogens (primary N) is 1. The molecule has 2 aliphatic rings. The number of carbonyl (C=O) groups excluding carboxylic acids is 2. The Morgan fingerprint density at radius 3 is 2.67 bits per heavy atom. The molecule has 1 saturated carbocycles. The van der Waals surface area contributed by atoms with Gasteiger partial charge < -0.3 is 10.6 Å². The van der Waals surface area contributed by atoms with Gasteiger partial charge in [-0.3, -0.25) is 9.59 Å². The molecule has 21 heavy (non-hydrogen) atoms. The monoisotopic (exact) mass is 326 g/mol. The van der Waals surface area contributed by atoms with Crippen molar-refractivity contribution < 1.29 is 9.59 Å². The molecule has 1 heterocycles. The summed E-state index contributed by atoms with van der Waals surface area (Å²) in [4.78, 5) is 25.4. The van der Waals surface area contributed by atoms with E-state index < -0.39 is 0 Å². The lowest BCUT2D eigenvalue weighted by Crippen LogP contribution is -2.33. The summed E-state index contributed by atoms with van der Waals surface area (Å²) >= 11 is 12.1. The fourth-order valence-corrected chi connectivity index (χ4v) is 3.59. The van der Waals surface area contributed by atoms with Crippen LogP contribution in [0, 0.1) is 11.8 Å². The van der Waals surface area contributed by atoms with Gasteiger partial charge in [0.15, 0.2) is 0 Å². The third kappa shape index (κ3) is 2.87. The zero-order chi connectivity index (χ0) is 15.1. The zero-order valence-corrected chi connectivity index (χ0v) is 12.9. The summed E-state index contributed by atoms with van der Waals surface area (Å²) in [7, 11) is 0. The van der Waals surface area contributed by atoms with E-state index >= 15 is 0 Å². The molecule has 6 heteroatoms. The van der Waals surface area contributed by atoms with Crippen LogP contribution < -0.4 is 5.73 Å². The quantitative estimate of drug-likeness (QED) is 0.927. The van der Waals surface area contributed by atoms with Crippen molar-refractivity contribution in [3.63, 3.8) is 0 Å². The molecule has 1 aliphatic heterocycles. The van der Waals surface area contributed by atoms with E-state index in [1.807, 2.05) is 6.07 Å². The molecule has 0 spiro atoms. The van der Waals surface area contributed by atoms with E-state index in [0.29, 0.717) is 29.6 Å². The molecular formula is C15H16Cl2N2O2. The molecule has 1 aliphatic carbocycles. The number of rotatable bonds is 3. The number of halogens is 2. The van der Waals surface area contributed by atoms with Crippen molar-refractivity contribution in [1.29, 1.82) is 0 Å². The highest BCUT2D eigenvalue weighted by Crippen LogP contribution is 2.51. The van der Waals surface area contributed by atoms with Crippen molar-refractivity contribution in [1.82, 2.24) is 4.90 Å². The second-order valence-electron chi connectivity index (χ2n) is 5.79. The first-order valence-electron chi connectivity index (χ1n) is 7.00. The van der Waals surface area contributed by atoms with Gasteiger partial charge in [-0.2, -0.15) is 0 Å². The van der Waals surface area contributed by atoms with Gasteiger partial charge in [0.2, 0.25) is 11.8 Å². The van der Waals surface area contributed by atoms with Crippen LogP contribution >= 0.6 is 23.2 Å². The molecule has 0 aromatic heterocycles. The van der Waals surface area contributed by atoms with E-state index in [4.69, 9.17) is 28.9 Å².